The first-order valence-electron chi connectivity index (χ1n) is 6.71. The van der Waals surface area contributed by atoms with Gasteiger partial charge in [0, 0.05) is 4.88 Å². The number of ketones is 1. The molecule has 0 aliphatic carbocycles. The topological polar surface area (TPSA) is 37.3 Å². The molecule has 0 spiro atoms. The molecule has 1 aromatic heterocycles. The number of benzene rings is 1. The number of carbonyl (C=O) groups is 1. The van der Waals surface area contributed by atoms with Crippen LogP contribution in [0.3, 0.4) is 0 Å². The van der Waals surface area contributed by atoms with Crippen LogP contribution in [-0.2, 0) is 11.4 Å². The molecule has 0 atom stereocenters. The fraction of sp³-hybridized carbons (Fsp3) is 0.0588. The van der Waals surface area contributed by atoms with E-state index in [4.69, 9.17) is 12.2 Å². The van der Waals surface area contributed by atoms with Crippen molar-refractivity contribution >= 4 is 51.4 Å². The maximum atomic E-state index is 13.3. The lowest BCUT2D eigenvalue weighted by molar-refractivity contribution is -0.110. The number of thiophene rings is 1. The first kappa shape index (κ1) is 16.3. The lowest BCUT2D eigenvalue weighted by atomic mass is 10.0. The van der Waals surface area contributed by atoms with E-state index >= 15 is 0 Å². The second kappa shape index (κ2) is 6.88. The molecule has 0 unspecified atom stereocenters. The van der Waals surface area contributed by atoms with Gasteiger partial charge in [0.05, 0.1) is 15.7 Å². The Balaban J connectivity index is 1.94. The van der Waals surface area contributed by atoms with Gasteiger partial charge in [-0.15, -0.1) is 11.3 Å². The van der Waals surface area contributed by atoms with Crippen LogP contribution in [-0.4, -0.2) is 15.1 Å². The predicted octanol–water partition coefficient (Wildman–Crippen LogP) is 4.59. The van der Waals surface area contributed by atoms with E-state index in [0.29, 0.717) is 14.7 Å². The smallest absolute Gasteiger partial charge is 0.192 e. The molecule has 1 N–H and O–H groups in total. The Hall–Kier alpha value is -1.60. The van der Waals surface area contributed by atoms with Crippen LogP contribution in [0.1, 0.15) is 10.4 Å². The number of hydrogen-bond acceptors (Lipinski definition) is 5. The average Bonchev–Trinajstić information content (AvgIpc) is 2.99. The van der Waals surface area contributed by atoms with Gasteiger partial charge in [0.15, 0.2) is 5.78 Å². The standard InChI is InChI=1S/C17H11FO2S3/c18-12-1-2-14(10(5-12)8-19)11-6-13(22-9-11)7-16-15(20)3-4-17(21)23-16/h1-7,9,19H,8H2/b16-7-. The minimum atomic E-state index is -0.375. The Labute approximate surface area is 146 Å². The maximum Gasteiger partial charge on any atom is 0.192 e. The molecule has 23 heavy (non-hydrogen) atoms. The number of rotatable bonds is 3. The zero-order chi connectivity index (χ0) is 16.4. The van der Waals surface area contributed by atoms with Crippen LogP contribution in [0.5, 0.6) is 0 Å². The number of aliphatic hydroxyl groups excluding tert-OH is 1. The van der Waals surface area contributed by atoms with Gasteiger partial charge in [-0.3, -0.25) is 4.79 Å². The SMILES string of the molecule is O=C1C=CC(=S)S/C1=C\c1cc(-c2ccc(F)cc2CO)cs1. The van der Waals surface area contributed by atoms with E-state index < -0.39 is 0 Å². The van der Waals surface area contributed by atoms with Crippen molar-refractivity contribution in [2.45, 2.75) is 6.61 Å². The fourth-order valence-electron chi connectivity index (χ4n) is 2.19. The molecule has 0 radical (unpaired) electrons. The second-order valence-electron chi connectivity index (χ2n) is 4.82. The largest absolute Gasteiger partial charge is 0.392 e. The van der Waals surface area contributed by atoms with E-state index in [2.05, 4.69) is 0 Å². The normalized spacial score (nSPS) is 16.3. The summed E-state index contributed by atoms with van der Waals surface area (Å²) in [5.74, 6) is -0.434. The maximum absolute atomic E-state index is 13.3. The number of allylic oxidation sites excluding steroid dienone is 2. The molecule has 1 aliphatic rings. The van der Waals surface area contributed by atoms with Crippen molar-refractivity contribution in [2.75, 3.05) is 0 Å². The molecule has 2 nitrogen and oxygen atoms in total. The van der Waals surface area contributed by atoms with Crippen molar-refractivity contribution in [1.82, 2.24) is 0 Å². The summed E-state index contributed by atoms with van der Waals surface area (Å²) >= 11 is 7.86. The molecule has 0 amide bonds. The quantitative estimate of drug-likeness (QED) is 0.640. The number of carbonyl (C=O) groups excluding carboxylic acids is 1. The van der Waals surface area contributed by atoms with Crippen molar-refractivity contribution in [3.63, 3.8) is 0 Å². The number of thioether (sulfide) groups is 1. The van der Waals surface area contributed by atoms with Crippen LogP contribution < -0.4 is 0 Å². The zero-order valence-electron chi connectivity index (χ0n) is 11.8. The summed E-state index contributed by atoms with van der Waals surface area (Å²) in [5, 5.41) is 11.3. The molecular weight excluding hydrogens is 351 g/mol. The van der Waals surface area contributed by atoms with Gasteiger partial charge in [0.2, 0.25) is 0 Å². The van der Waals surface area contributed by atoms with Crippen LogP contribution in [0.25, 0.3) is 17.2 Å². The Bertz CT molecular complexity index is 849. The van der Waals surface area contributed by atoms with Crippen LogP contribution >= 0.6 is 35.3 Å². The van der Waals surface area contributed by atoms with Gasteiger partial charge < -0.3 is 5.11 Å². The molecule has 0 fully saturated rings. The summed E-state index contributed by atoms with van der Waals surface area (Å²) in [5.41, 5.74) is 2.21. The lowest BCUT2D eigenvalue weighted by Gasteiger charge is -2.06. The Kier molecular flexibility index (Phi) is 4.87. The Morgan fingerprint density at radius 1 is 1.26 bits per heavy atom. The highest BCUT2D eigenvalue weighted by atomic mass is 32.2. The highest BCUT2D eigenvalue weighted by Gasteiger charge is 2.15. The van der Waals surface area contributed by atoms with Gasteiger partial charge in [-0.05, 0) is 58.5 Å². The summed E-state index contributed by atoms with van der Waals surface area (Å²) in [6.07, 6.45) is 4.91. The van der Waals surface area contributed by atoms with E-state index in [1.165, 1.54) is 41.3 Å². The van der Waals surface area contributed by atoms with Crippen molar-refractivity contribution in [2.24, 2.45) is 0 Å². The van der Waals surface area contributed by atoms with Gasteiger partial charge in [0.1, 0.15) is 5.82 Å². The van der Waals surface area contributed by atoms with Crippen LogP contribution in [0, 0.1) is 5.82 Å². The van der Waals surface area contributed by atoms with Crippen LogP contribution in [0.2, 0.25) is 0 Å². The predicted molar refractivity (Wildman–Crippen MR) is 97.9 cm³/mol. The van der Waals surface area contributed by atoms with E-state index in [9.17, 15) is 14.3 Å². The molecular formula is C17H11FO2S3. The van der Waals surface area contributed by atoms with Gasteiger partial charge in [0.25, 0.3) is 0 Å². The molecule has 1 aliphatic heterocycles. The highest BCUT2D eigenvalue weighted by Crippen LogP contribution is 2.33. The number of halogens is 1. The summed E-state index contributed by atoms with van der Waals surface area (Å²) in [6, 6.07) is 6.26. The van der Waals surface area contributed by atoms with Crippen molar-refractivity contribution < 1.29 is 14.3 Å². The minimum absolute atomic E-state index is 0.0589. The van der Waals surface area contributed by atoms with Crippen LogP contribution in [0.15, 0.2) is 46.7 Å². The average molecular weight is 362 g/mol. The molecule has 1 aromatic carbocycles. The Morgan fingerprint density at radius 3 is 2.87 bits per heavy atom. The first-order valence-corrected chi connectivity index (χ1v) is 8.81. The van der Waals surface area contributed by atoms with E-state index in [1.54, 1.807) is 18.2 Å². The highest BCUT2D eigenvalue weighted by molar-refractivity contribution is 8.26. The zero-order valence-corrected chi connectivity index (χ0v) is 14.2. The van der Waals surface area contributed by atoms with E-state index in [1.807, 2.05) is 11.4 Å². The molecule has 2 aromatic rings. The van der Waals surface area contributed by atoms with Gasteiger partial charge in [-0.2, -0.15) is 0 Å². The third-order valence-electron chi connectivity index (χ3n) is 3.27. The summed E-state index contributed by atoms with van der Waals surface area (Å²) < 4.78 is 13.9. The van der Waals surface area contributed by atoms with Gasteiger partial charge >= 0.3 is 0 Å². The second-order valence-corrected chi connectivity index (χ2v) is 7.55. The summed E-state index contributed by atoms with van der Waals surface area (Å²) in [4.78, 5) is 13.3. The summed E-state index contributed by atoms with van der Waals surface area (Å²) in [6.45, 7) is -0.229. The first-order chi connectivity index (χ1) is 11.1. The van der Waals surface area contributed by atoms with Gasteiger partial charge in [-0.25, -0.2) is 4.39 Å². The molecule has 0 bridgehead atoms. The minimum Gasteiger partial charge on any atom is -0.392 e. The van der Waals surface area contributed by atoms with Crippen molar-refractivity contribution in [3.05, 3.63) is 63.0 Å². The molecule has 2 heterocycles. The fourth-order valence-corrected chi connectivity index (χ4v) is 4.15. The third kappa shape index (κ3) is 3.67. The van der Waals surface area contributed by atoms with Crippen molar-refractivity contribution in [1.29, 1.82) is 0 Å². The van der Waals surface area contributed by atoms with Crippen LogP contribution in [0.4, 0.5) is 4.39 Å². The number of aliphatic hydroxyl groups is 1. The molecule has 0 saturated heterocycles. The lowest BCUT2D eigenvalue weighted by Crippen LogP contribution is -2.02. The monoisotopic (exact) mass is 362 g/mol. The Morgan fingerprint density at radius 2 is 2.09 bits per heavy atom. The van der Waals surface area contributed by atoms with E-state index in [0.717, 1.165) is 16.0 Å². The molecule has 116 valence electrons. The molecule has 3 rings (SSSR count). The third-order valence-corrected chi connectivity index (χ3v) is 5.41. The van der Waals surface area contributed by atoms with Gasteiger partial charge in [-0.1, -0.05) is 30.0 Å². The number of hydrogen-bond donors (Lipinski definition) is 1. The molecule has 0 saturated carbocycles. The summed E-state index contributed by atoms with van der Waals surface area (Å²) in [7, 11) is 0. The van der Waals surface area contributed by atoms with E-state index in [-0.39, 0.29) is 18.2 Å². The van der Waals surface area contributed by atoms with Crippen molar-refractivity contribution in [3.8, 4) is 11.1 Å². The molecule has 6 heteroatoms. The number of thiocarbonyl (C=S) groups is 1.